The first-order valence-corrected chi connectivity index (χ1v) is 10.3. The Morgan fingerprint density at radius 2 is 1.85 bits per heavy atom. The molecule has 3 rings (SSSR count). The number of ether oxygens (including phenoxy) is 1. The van der Waals surface area contributed by atoms with Gasteiger partial charge in [-0.15, -0.1) is 0 Å². The third kappa shape index (κ3) is 3.99. The lowest BCUT2D eigenvalue weighted by atomic mass is 10.1. The highest BCUT2D eigenvalue weighted by molar-refractivity contribution is 7.89. The lowest BCUT2D eigenvalue weighted by Crippen LogP contribution is -2.43. The first kappa shape index (κ1) is 19.4. The van der Waals surface area contributed by atoms with Gasteiger partial charge in [-0.2, -0.15) is 4.31 Å². The summed E-state index contributed by atoms with van der Waals surface area (Å²) in [4.78, 5) is 13.0. The van der Waals surface area contributed by atoms with Crippen molar-refractivity contribution in [3.63, 3.8) is 0 Å². The van der Waals surface area contributed by atoms with Crippen LogP contribution in [0.2, 0.25) is 0 Å². The normalized spacial score (nSPS) is 17.7. The number of nitrogens with one attached hydrogen (secondary N) is 1. The second-order valence-corrected chi connectivity index (χ2v) is 8.65. The molecule has 0 aromatic heterocycles. The van der Waals surface area contributed by atoms with Gasteiger partial charge in [-0.1, -0.05) is 17.7 Å². The van der Waals surface area contributed by atoms with Crippen LogP contribution in [0.15, 0.2) is 47.4 Å². The van der Waals surface area contributed by atoms with E-state index < -0.39 is 16.1 Å². The highest BCUT2D eigenvalue weighted by Gasteiger charge is 2.39. The molecule has 6 nitrogen and oxygen atoms in total. The molecule has 0 bridgehead atoms. The van der Waals surface area contributed by atoms with Crippen LogP contribution in [0.25, 0.3) is 0 Å². The number of methoxy groups -OCH3 is 1. The molecule has 0 aliphatic carbocycles. The van der Waals surface area contributed by atoms with Gasteiger partial charge >= 0.3 is 0 Å². The van der Waals surface area contributed by atoms with Gasteiger partial charge in [0, 0.05) is 12.2 Å². The molecule has 0 saturated carbocycles. The molecule has 1 saturated heterocycles. The Kier molecular flexibility index (Phi) is 5.53. The molecule has 1 aliphatic rings. The van der Waals surface area contributed by atoms with E-state index in [0.29, 0.717) is 30.8 Å². The molecule has 1 aliphatic heterocycles. The van der Waals surface area contributed by atoms with Crippen molar-refractivity contribution >= 4 is 21.6 Å². The summed E-state index contributed by atoms with van der Waals surface area (Å²) < 4.78 is 32.4. The van der Waals surface area contributed by atoms with Gasteiger partial charge in [-0.25, -0.2) is 8.42 Å². The third-order valence-corrected chi connectivity index (χ3v) is 6.73. The molecule has 1 atom stereocenters. The zero-order valence-electron chi connectivity index (χ0n) is 15.7. The van der Waals surface area contributed by atoms with E-state index in [9.17, 15) is 13.2 Å². The van der Waals surface area contributed by atoms with E-state index in [-0.39, 0.29) is 10.8 Å². The Bertz CT molecular complexity index is 939. The van der Waals surface area contributed by atoms with Crippen molar-refractivity contribution in [2.24, 2.45) is 0 Å². The number of carbonyl (C=O) groups is 1. The molecule has 1 heterocycles. The van der Waals surface area contributed by atoms with Crippen LogP contribution in [-0.4, -0.2) is 38.3 Å². The maximum Gasteiger partial charge on any atom is 0.243 e. The highest BCUT2D eigenvalue weighted by atomic mass is 32.2. The predicted molar refractivity (Wildman–Crippen MR) is 104 cm³/mol. The highest BCUT2D eigenvalue weighted by Crippen LogP contribution is 2.28. The average Bonchev–Trinajstić information content (AvgIpc) is 3.15. The minimum atomic E-state index is -3.75. The summed E-state index contributed by atoms with van der Waals surface area (Å²) in [6.45, 7) is 4.24. The summed E-state index contributed by atoms with van der Waals surface area (Å²) in [7, 11) is -2.22. The Balaban J connectivity index is 1.82. The third-order valence-electron chi connectivity index (χ3n) is 4.81. The Morgan fingerprint density at radius 1 is 1.15 bits per heavy atom. The van der Waals surface area contributed by atoms with Crippen LogP contribution in [0.3, 0.4) is 0 Å². The van der Waals surface area contributed by atoms with Gasteiger partial charge in [0.25, 0.3) is 0 Å². The number of rotatable bonds is 5. The van der Waals surface area contributed by atoms with E-state index in [1.54, 1.807) is 12.1 Å². The average molecular weight is 388 g/mol. The maximum atomic E-state index is 13.0. The molecule has 0 radical (unpaired) electrons. The monoisotopic (exact) mass is 388 g/mol. The number of benzene rings is 2. The van der Waals surface area contributed by atoms with Crippen LogP contribution in [0.4, 0.5) is 5.69 Å². The fourth-order valence-corrected chi connectivity index (χ4v) is 5.00. The number of sulfonamides is 1. The van der Waals surface area contributed by atoms with Crippen LogP contribution >= 0.6 is 0 Å². The number of anilines is 1. The van der Waals surface area contributed by atoms with Crippen molar-refractivity contribution in [2.45, 2.75) is 37.6 Å². The van der Waals surface area contributed by atoms with Crippen LogP contribution < -0.4 is 10.1 Å². The minimum Gasteiger partial charge on any atom is -0.497 e. The second kappa shape index (κ2) is 7.70. The molecule has 2 aromatic carbocycles. The first-order valence-electron chi connectivity index (χ1n) is 8.87. The zero-order valence-corrected chi connectivity index (χ0v) is 16.5. The van der Waals surface area contributed by atoms with Crippen LogP contribution in [0.1, 0.15) is 24.0 Å². The van der Waals surface area contributed by atoms with Gasteiger partial charge in [0.05, 0.1) is 12.0 Å². The first-order chi connectivity index (χ1) is 12.8. The lowest BCUT2D eigenvalue weighted by molar-refractivity contribution is -0.119. The Morgan fingerprint density at radius 3 is 2.48 bits per heavy atom. The molecular weight excluding hydrogens is 364 g/mol. The Labute approximate surface area is 160 Å². The number of hydrogen-bond acceptors (Lipinski definition) is 4. The number of hydrogen-bond donors (Lipinski definition) is 1. The van der Waals surface area contributed by atoms with Crippen LogP contribution in [0, 0.1) is 13.8 Å². The summed E-state index contributed by atoms with van der Waals surface area (Å²) in [6.07, 6.45) is 1.16. The number of nitrogens with zero attached hydrogens (tertiary/aromatic N) is 1. The minimum absolute atomic E-state index is 0.162. The van der Waals surface area contributed by atoms with Crippen molar-refractivity contribution in [1.29, 1.82) is 0 Å². The van der Waals surface area contributed by atoms with E-state index in [4.69, 9.17) is 4.74 Å². The quantitative estimate of drug-likeness (QED) is 0.854. The lowest BCUT2D eigenvalue weighted by Gasteiger charge is -2.24. The molecule has 27 heavy (non-hydrogen) atoms. The topological polar surface area (TPSA) is 75.7 Å². The molecule has 2 aromatic rings. The van der Waals surface area contributed by atoms with Gasteiger partial charge in [-0.3, -0.25) is 4.79 Å². The summed E-state index contributed by atoms with van der Waals surface area (Å²) in [5, 5.41) is 2.89. The van der Waals surface area contributed by atoms with Gasteiger partial charge in [0.2, 0.25) is 15.9 Å². The molecular formula is C20H24N2O4S. The van der Waals surface area contributed by atoms with Crippen molar-refractivity contribution in [2.75, 3.05) is 19.0 Å². The van der Waals surface area contributed by atoms with Crippen molar-refractivity contribution in [3.05, 3.63) is 53.6 Å². The van der Waals surface area contributed by atoms with E-state index in [1.165, 1.54) is 23.5 Å². The van der Waals surface area contributed by atoms with Gasteiger partial charge in [0.15, 0.2) is 0 Å². The van der Waals surface area contributed by atoms with Crippen LogP contribution in [-0.2, 0) is 14.8 Å². The summed E-state index contributed by atoms with van der Waals surface area (Å²) in [6, 6.07) is 11.3. The number of carbonyl (C=O) groups excluding carboxylic acids is 1. The molecule has 144 valence electrons. The van der Waals surface area contributed by atoms with Crippen molar-refractivity contribution < 1.29 is 17.9 Å². The smallest absolute Gasteiger partial charge is 0.243 e. The van der Waals surface area contributed by atoms with Gasteiger partial charge < -0.3 is 10.1 Å². The number of amides is 1. The molecule has 1 fully saturated rings. The molecule has 7 heteroatoms. The van der Waals surface area contributed by atoms with E-state index in [1.807, 2.05) is 32.0 Å². The van der Waals surface area contributed by atoms with E-state index in [2.05, 4.69) is 5.32 Å². The van der Waals surface area contributed by atoms with E-state index >= 15 is 0 Å². The van der Waals surface area contributed by atoms with Gasteiger partial charge in [0.1, 0.15) is 11.8 Å². The summed E-state index contributed by atoms with van der Waals surface area (Å²) in [5.41, 5.74) is 2.76. The van der Waals surface area contributed by atoms with Crippen LogP contribution in [0.5, 0.6) is 5.75 Å². The fraction of sp³-hybridized carbons (Fsp3) is 0.350. The van der Waals surface area contributed by atoms with Crippen molar-refractivity contribution in [1.82, 2.24) is 4.31 Å². The molecule has 1 N–H and O–H groups in total. The van der Waals surface area contributed by atoms with E-state index in [0.717, 1.165) is 11.1 Å². The fourth-order valence-electron chi connectivity index (χ4n) is 3.34. The maximum absolute atomic E-state index is 13.0. The predicted octanol–water partition coefficient (Wildman–Crippen LogP) is 3.10. The van der Waals surface area contributed by atoms with Crippen molar-refractivity contribution in [3.8, 4) is 5.75 Å². The summed E-state index contributed by atoms with van der Waals surface area (Å²) in [5.74, 6) is 0.288. The molecule has 0 spiro atoms. The largest absolute Gasteiger partial charge is 0.497 e. The Hall–Kier alpha value is -2.38. The standard InChI is InChI=1S/C20H24N2O4S/c1-14-6-11-18(15(2)13-14)21-20(23)19-5-4-12-22(19)27(24,25)17-9-7-16(26-3)8-10-17/h6-11,13,19H,4-5,12H2,1-3H3,(H,21,23). The molecule has 1 unspecified atom stereocenters. The summed E-state index contributed by atoms with van der Waals surface area (Å²) >= 11 is 0. The zero-order chi connectivity index (χ0) is 19.6. The SMILES string of the molecule is COc1ccc(S(=O)(=O)N2CCCC2C(=O)Nc2ccc(C)cc2C)cc1. The number of aryl methyl sites for hydroxylation is 2. The molecule has 1 amide bonds. The van der Waals surface area contributed by atoms with Gasteiger partial charge in [-0.05, 0) is 62.6 Å². The second-order valence-electron chi connectivity index (χ2n) is 6.76.